The Balaban J connectivity index is 1.46. The number of benzene rings is 2. The van der Waals surface area contributed by atoms with Gasteiger partial charge in [0.05, 0.1) is 12.5 Å². The van der Waals surface area contributed by atoms with Crippen LogP contribution in [0.4, 0.5) is 4.79 Å². The van der Waals surface area contributed by atoms with E-state index in [-0.39, 0.29) is 25.6 Å². The summed E-state index contributed by atoms with van der Waals surface area (Å²) in [6, 6.07) is 15.6. The SMILES string of the molecule is CCC(COC)(NC(=O)OCC1c2ccccc2-c2ccccc21)C(=O)N[C@@H]1CCC[C@@H]1C(=O)O. The second-order valence-corrected chi connectivity index (χ2v) is 9.27. The third kappa shape index (κ3) is 4.89. The monoisotopic (exact) mass is 480 g/mol. The standard InChI is InChI=1S/C27H32N2O6/c1-3-27(16-34-2,25(32)28-23-14-8-13-21(23)24(30)31)29-26(33)35-15-22-19-11-6-4-9-17(19)18-10-5-7-12-20(18)22/h4-7,9-12,21-23H,3,8,13-16H2,1-2H3,(H,28,32)(H,29,33)(H,30,31)/t21-,23+,27?/m0/s1. The van der Waals surface area contributed by atoms with Crippen LogP contribution in [0.2, 0.25) is 0 Å². The molecule has 2 aliphatic rings. The van der Waals surface area contributed by atoms with Gasteiger partial charge in [-0.05, 0) is 41.5 Å². The number of nitrogens with one attached hydrogen (secondary N) is 2. The summed E-state index contributed by atoms with van der Waals surface area (Å²) in [7, 11) is 1.45. The maximum atomic E-state index is 13.3. The molecule has 8 heteroatoms. The average Bonchev–Trinajstić information content (AvgIpc) is 3.45. The highest BCUT2D eigenvalue weighted by molar-refractivity contribution is 5.91. The average molecular weight is 481 g/mol. The molecular formula is C27H32N2O6. The Bertz CT molecular complexity index is 1060. The zero-order valence-corrected chi connectivity index (χ0v) is 20.1. The van der Waals surface area contributed by atoms with Gasteiger partial charge in [0.15, 0.2) is 0 Å². The molecule has 0 saturated heterocycles. The number of ether oxygens (including phenoxy) is 2. The first-order chi connectivity index (χ1) is 16.9. The molecule has 0 radical (unpaired) electrons. The van der Waals surface area contributed by atoms with Crippen molar-refractivity contribution >= 4 is 18.0 Å². The van der Waals surface area contributed by atoms with E-state index in [1.165, 1.54) is 7.11 Å². The third-order valence-electron chi connectivity index (χ3n) is 7.26. The zero-order valence-electron chi connectivity index (χ0n) is 20.1. The number of carboxylic acid groups (broad SMARTS) is 1. The number of amides is 2. The van der Waals surface area contributed by atoms with E-state index in [0.717, 1.165) is 28.7 Å². The molecule has 4 rings (SSSR count). The number of carbonyl (C=O) groups excluding carboxylic acids is 2. The van der Waals surface area contributed by atoms with Crippen LogP contribution in [0.3, 0.4) is 0 Å². The zero-order chi connectivity index (χ0) is 25.0. The summed E-state index contributed by atoms with van der Waals surface area (Å²) in [5, 5.41) is 15.0. The van der Waals surface area contributed by atoms with Gasteiger partial charge >= 0.3 is 12.1 Å². The number of fused-ring (bicyclic) bond motifs is 3. The minimum absolute atomic E-state index is 0.0655. The lowest BCUT2D eigenvalue weighted by Crippen LogP contribution is -2.63. The van der Waals surface area contributed by atoms with Crippen LogP contribution in [0.1, 0.15) is 49.7 Å². The van der Waals surface area contributed by atoms with Crippen LogP contribution < -0.4 is 10.6 Å². The van der Waals surface area contributed by atoms with Crippen molar-refractivity contribution in [3.63, 3.8) is 0 Å². The van der Waals surface area contributed by atoms with Gasteiger partial charge in [-0.2, -0.15) is 0 Å². The first-order valence-electron chi connectivity index (χ1n) is 12.1. The van der Waals surface area contributed by atoms with Gasteiger partial charge in [0.2, 0.25) is 5.91 Å². The van der Waals surface area contributed by atoms with Gasteiger partial charge in [-0.25, -0.2) is 4.79 Å². The predicted molar refractivity (Wildman–Crippen MR) is 130 cm³/mol. The first-order valence-corrected chi connectivity index (χ1v) is 12.1. The summed E-state index contributed by atoms with van der Waals surface area (Å²) in [6.45, 7) is 1.83. The van der Waals surface area contributed by atoms with E-state index < -0.39 is 35.5 Å². The number of carbonyl (C=O) groups is 3. The Labute approximate surface area is 205 Å². The molecule has 1 fully saturated rings. The number of rotatable bonds is 9. The molecule has 186 valence electrons. The molecular weight excluding hydrogens is 448 g/mol. The number of alkyl carbamates (subject to hydrolysis) is 1. The van der Waals surface area contributed by atoms with Gasteiger partial charge in [-0.15, -0.1) is 0 Å². The van der Waals surface area contributed by atoms with Crippen LogP contribution in [0.15, 0.2) is 48.5 Å². The van der Waals surface area contributed by atoms with Gasteiger partial charge in [-0.1, -0.05) is 61.9 Å². The molecule has 1 unspecified atom stereocenters. The number of hydrogen-bond acceptors (Lipinski definition) is 5. The van der Waals surface area contributed by atoms with Crippen molar-refractivity contribution < 1.29 is 29.0 Å². The molecule has 35 heavy (non-hydrogen) atoms. The summed E-state index contributed by atoms with van der Waals surface area (Å²) < 4.78 is 10.9. The van der Waals surface area contributed by atoms with E-state index in [1.54, 1.807) is 6.92 Å². The van der Waals surface area contributed by atoms with Crippen LogP contribution in [0.5, 0.6) is 0 Å². The van der Waals surface area contributed by atoms with Gasteiger partial charge in [0.25, 0.3) is 0 Å². The van der Waals surface area contributed by atoms with Gasteiger partial charge in [-0.3, -0.25) is 9.59 Å². The Kier molecular flexibility index (Phi) is 7.40. The lowest BCUT2D eigenvalue weighted by Gasteiger charge is -2.33. The van der Waals surface area contributed by atoms with Crippen LogP contribution in [0.25, 0.3) is 11.1 Å². The highest BCUT2D eigenvalue weighted by Gasteiger charge is 2.43. The first kappa shape index (κ1) is 24.7. The summed E-state index contributed by atoms with van der Waals surface area (Å²) in [4.78, 5) is 37.7. The molecule has 8 nitrogen and oxygen atoms in total. The molecule has 2 aromatic carbocycles. The van der Waals surface area contributed by atoms with Crippen LogP contribution in [0, 0.1) is 5.92 Å². The molecule has 0 bridgehead atoms. The Morgan fingerprint density at radius 3 is 2.23 bits per heavy atom. The number of carboxylic acids is 1. The number of methoxy groups -OCH3 is 1. The number of hydrogen-bond donors (Lipinski definition) is 3. The Morgan fingerprint density at radius 2 is 1.66 bits per heavy atom. The van der Waals surface area contributed by atoms with Crippen molar-refractivity contribution in [2.45, 2.75) is 50.1 Å². The van der Waals surface area contributed by atoms with E-state index in [1.807, 2.05) is 36.4 Å². The highest BCUT2D eigenvalue weighted by Crippen LogP contribution is 2.44. The minimum Gasteiger partial charge on any atom is -0.481 e. The minimum atomic E-state index is -1.37. The van der Waals surface area contributed by atoms with Gasteiger partial charge in [0.1, 0.15) is 12.1 Å². The van der Waals surface area contributed by atoms with Crippen molar-refractivity contribution in [1.29, 1.82) is 0 Å². The fourth-order valence-corrected chi connectivity index (χ4v) is 5.32. The maximum Gasteiger partial charge on any atom is 0.408 e. The third-order valence-corrected chi connectivity index (χ3v) is 7.26. The molecule has 0 spiro atoms. The molecule has 0 aliphatic heterocycles. The van der Waals surface area contributed by atoms with Crippen molar-refractivity contribution in [2.24, 2.45) is 5.92 Å². The van der Waals surface area contributed by atoms with E-state index >= 15 is 0 Å². The van der Waals surface area contributed by atoms with Crippen molar-refractivity contribution in [2.75, 3.05) is 20.3 Å². The topological polar surface area (TPSA) is 114 Å². The molecule has 2 amide bonds. The molecule has 2 aromatic rings. The molecule has 2 aliphatic carbocycles. The summed E-state index contributed by atoms with van der Waals surface area (Å²) in [5.41, 5.74) is 3.08. The molecule has 1 saturated carbocycles. The fraction of sp³-hybridized carbons (Fsp3) is 0.444. The summed E-state index contributed by atoms with van der Waals surface area (Å²) >= 11 is 0. The van der Waals surface area contributed by atoms with Gasteiger partial charge < -0.3 is 25.2 Å². The van der Waals surface area contributed by atoms with E-state index in [0.29, 0.717) is 12.8 Å². The smallest absolute Gasteiger partial charge is 0.408 e. The largest absolute Gasteiger partial charge is 0.481 e. The quantitative estimate of drug-likeness (QED) is 0.504. The van der Waals surface area contributed by atoms with Crippen molar-refractivity contribution in [3.8, 4) is 11.1 Å². The van der Waals surface area contributed by atoms with Crippen molar-refractivity contribution in [3.05, 3.63) is 59.7 Å². The fourth-order valence-electron chi connectivity index (χ4n) is 5.32. The second kappa shape index (κ2) is 10.5. The molecule has 0 heterocycles. The molecule has 3 N–H and O–H groups in total. The van der Waals surface area contributed by atoms with E-state index in [9.17, 15) is 19.5 Å². The van der Waals surface area contributed by atoms with E-state index in [4.69, 9.17) is 9.47 Å². The van der Waals surface area contributed by atoms with Crippen molar-refractivity contribution in [1.82, 2.24) is 10.6 Å². The second-order valence-electron chi connectivity index (χ2n) is 9.27. The summed E-state index contributed by atoms with van der Waals surface area (Å²) in [6.07, 6.45) is 1.36. The van der Waals surface area contributed by atoms with Gasteiger partial charge in [0, 0.05) is 19.1 Å². The predicted octanol–water partition coefficient (Wildman–Crippen LogP) is 3.69. The summed E-state index contributed by atoms with van der Waals surface area (Å²) in [5.74, 6) is -2.12. The Morgan fingerprint density at radius 1 is 1.03 bits per heavy atom. The lowest BCUT2D eigenvalue weighted by molar-refractivity contribution is -0.142. The number of aliphatic carboxylic acids is 1. The molecule has 0 aromatic heterocycles. The van der Waals surface area contributed by atoms with E-state index in [2.05, 4.69) is 22.8 Å². The highest BCUT2D eigenvalue weighted by atomic mass is 16.5. The normalized spacial score (nSPS) is 20.4. The van der Waals surface area contributed by atoms with Crippen LogP contribution >= 0.6 is 0 Å². The Hall–Kier alpha value is -3.39. The van der Waals surface area contributed by atoms with Crippen LogP contribution in [-0.4, -0.2) is 55.0 Å². The molecule has 3 atom stereocenters. The van der Waals surface area contributed by atoms with Crippen LogP contribution in [-0.2, 0) is 19.1 Å². The lowest BCUT2D eigenvalue weighted by atomic mass is 9.94. The maximum absolute atomic E-state index is 13.3.